The van der Waals surface area contributed by atoms with Crippen molar-refractivity contribution in [2.24, 2.45) is 7.05 Å². The second-order valence-electron chi connectivity index (χ2n) is 6.34. The number of carbonyl (C=O) groups is 2. The van der Waals surface area contributed by atoms with Crippen molar-refractivity contribution in [3.05, 3.63) is 64.8 Å². The molecule has 0 fully saturated rings. The normalized spacial score (nSPS) is 12.0. The highest BCUT2D eigenvalue weighted by atomic mass is 35.5. The molecule has 0 aliphatic rings. The van der Waals surface area contributed by atoms with Gasteiger partial charge in [-0.15, -0.1) is 0 Å². The molecule has 3 aromatic rings. The van der Waals surface area contributed by atoms with Crippen molar-refractivity contribution in [1.29, 1.82) is 0 Å². The fourth-order valence-corrected chi connectivity index (χ4v) is 2.99. The van der Waals surface area contributed by atoms with Crippen molar-refractivity contribution in [2.75, 3.05) is 11.9 Å². The number of halogens is 1. The van der Waals surface area contributed by atoms with Crippen LogP contribution in [0.3, 0.4) is 0 Å². The zero-order chi connectivity index (χ0) is 19.6. The number of nitrogens with zero attached hydrogens (tertiary/aromatic N) is 1. The lowest BCUT2D eigenvalue weighted by Gasteiger charge is -2.13. The average Bonchev–Trinajstić information content (AvgIpc) is 3.03. The molecule has 0 aliphatic heterocycles. The van der Waals surface area contributed by atoms with Crippen LogP contribution in [0.2, 0.25) is 5.02 Å². The second-order valence-corrected chi connectivity index (χ2v) is 6.74. The zero-order valence-corrected chi connectivity index (χ0v) is 15.7. The number of aryl methyl sites for hydroxylation is 1. The number of benzene rings is 2. The Hall–Kier alpha value is -2.83. The summed E-state index contributed by atoms with van der Waals surface area (Å²) in [5.41, 5.74) is 2.86. The fraction of sp³-hybridized carbons (Fsp3) is 0.200. The van der Waals surface area contributed by atoms with Crippen LogP contribution in [0, 0.1) is 6.92 Å². The number of anilines is 1. The van der Waals surface area contributed by atoms with Crippen LogP contribution < -0.4 is 10.6 Å². The SMILES string of the molecule is Cc1c(Cl)cccc1NC(=O)C(=O)NCC(O)c1ccc2c(ccn2C)c1. The van der Waals surface area contributed by atoms with E-state index in [1.165, 1.54) is 0 Å². The standard InChI is InChI=1S/C20H20ClN3O3/c1-12-15(21)4-3-5-16(12)23-20(27)19(26)22-11-18(25)14-6-7-17-13(10-14)8-9-24(17)2/h3-10,18,25H,11H2,1-2H3,(H,22,26)(H,23,27). The van der Waals surface area contributed by atoms with Crippen LogP contribution in [-0.2, 0) is 16.6 Å². The number of hydrogen-bond acceptors (Lipinski definition) is 3. The molecular weight excluding hydrogens is 366 g/mol. The average molecular weight is 386 g/mol. The summed E-state index contributed by atoms with van der Waals surface area (Å²) in [6.45, 7) is 1.68. The van der Waals surface area contributed by atoms with Crippen LogP contribution in [0.1, 0.15) is 17.2 Å². The van der Waals surface area contributed by atoms with Crippen LogP contribution in [0.15, 0.2) is 48.7 Å². The lowest BCUT2D eigenvalue weighted by Crippen LogP contribution is -2.37. The highest BCUT2D eigenvalue weighted by Gasteiger charge is 2.17. The van der Waals surface area contributed by atoms with Gasteiger partial charge >= 0.3 is 11.8 Å². The van der Waals surface area contributed by atoms with E-state index in [0.717, 1.165) is 10.9 Å². The van der Waals surface area contributed by atoms with Gasteiger partial charge in [0.1, 0.15) is 0 Å². The first-order chi connectivity index (χ1) is 12.9. The highest BCUT2D eigenvalue weighted by molar-refractivity contribution is 6.40. The van der Waals surface area contributed by atoms with Gasteiger partial charge in [0.05, 0.1) is 6.10 Å². The minimum Gasteiger partial charge on any atom is -0.387 e. The molecule has 3 N–H and O–H groups in total. The third kappa shape index (κ3) is 4.13. The van der Waals surface area contributed by atoms with Gasteiger partial charge in [-0.3, -0.25) is 9.59 Å². The predicted molar refractivity (Wildman–Crippen MR) is 106 cm³/mol. The molecule has 0 bridgehead atoms. The van der Waals surface area contributed by atoms with Gasteiger partial charge in [-0.05, 0) is 53.8 Å². The van der Waals surface area contributed by atoms with Gasteiger partial charge in [-0.25, -0.2) is 0 Å². The Kier molecular flexibility index (Phi) is 5.48. The molecule has 1 unspecified atom stereocenters. The number of nitrogens with one attached hydrogen (secondary N) is 2. The summed E-state index contributed by atoms with van der Waals surface area (Å²) < 4.78 is 1.98. The molecule has 1 atom stereocenters. The van der Waals surface area contributed by atoms with Crippen molar-refractivity contribution in [3.8, 4) is 0 Å². The van der Waals surface area contributed by atoms with Gasteiger partial charge in [0.15, 0.2) is 0 Å². The molecule has 2 aromatic carbocycles. The van der Waals surface area contributed by atoms with Crippen LogP contribution >= 0.6 is 11.6 Å². The van der Waals surface area contributed by atoms with E-state index < -0.39 is 17.9 Å². The third-order valence-electron chi connectivity index (χ3n) is 4.47. The largest absolute Gasteiger partial charge is 0.387 e. The number of aliphatic hydroxyl groups is 1. The number of aliphatic hydroxyl groups excluding tert-OH is 1. The molecule has 1 aromatic heterocycles. The number of rotatable bonds is 4. The molecule has 6 nitrogen and oxygen atoms in total. The summed E-state index contributed by atoms with van der Waals surface area (Å²) >= 11 is 6.00. The maximum atomic E-state index is 12.1. The van der Waals surface area contributed by atoms with E-state index in [4.69, 9.17) is 11.6 Å². The van der Waals surface area contributed by atoms with E-state index in [-0.39, 0.29) is 6.54 Å². The number of carbonyl (C=O) groups excluding carboxylic acids is 2. The first kappa shape index (κ1) is 18.9. The number of fused-ring (bicyclic) bond motifs is 1. The van der Waals surface area contributed by atoms with E-state index in [2.05, 4.69) is 10.6 Å². The maximum absolute atomic E-state index is 12.1. The van der Waals surface area contributed by atoms with Crippen molar-refractivity contribution in [3.63, 3.8) is 0 Å². The monoisotopic (exact) mass is 385 g/mol. The predicted octanol–water partition coefficient (Wildman–Crippen LogP) is 2.93. The summed E-state index contributed by atoms with van der Waals surface area (Å²) in [6, 6.07) is 12.6. The molecule has 0 spiro atoms. The first-order valence-corrected chi connectivity index (χ1v) is 8.82. The van der Waals surface area contributed by atoms with Gasteiger partial charge in [0.25, 0.3) is 0 Å². The first-order valence-electron chi connectivity index (χ1n) is 8.44. The van der Waals surface area contributed by atoms with E-state index in [1.54, 1.807) is 31.2 Å². The van der Waals surface area contributed by atoms with E-state index in [0.29, 0.717) is 21.8 Å². The molecule has 0 saturated heterocycles. The van der Waals surface area contributed by atoms with Crippen LogP contribution in [0.5, 0.6) is 0 Å². The van der Waals surface area contributed by atoms with Crippen molar-refractivity contribution < 1.29 is 14.7 Å². The number of amides is 2. The van der Waals surface area contributed by atoms with Crippen LogP contribution in [0.4, 0.5) is 5.69 Å². The van der Waals surface area contributed by atoms with Gasteiger partial charge in [0, 0.05) is 36.0 Å². The Labute approximate surface area is 161 Å². The van der Waals surface area contributed by atoms with Crippen molar-refractivity contribution in [2.45, 2.75) is 13.0 Å². The highest BCUT2D eigenvalue weighted by Crippen LogP contribution is 2.23. The summed E-state index contributed by atoms with van der Waals surface area (Å²) in [6.07, 6.45) is 1.02. The third-order valence-corrected chi connectivity index (χ3v) is 4.88. The number of aromatic nitrogens is 1. The zero-order valence-electron chi connectivity index (χ0n) is 15.0. The Morgan fingerprint density at radius 3 is 2.74 bits per heavy atom. The van der Waals surface area contributed by atoms with E-state index in [9.17, 15) is 14.7 Å². The lowest BCUT2D eigenvalue weighted by atomic mass is 10.1. The topological polar surface area (TPSA) is 83.4 Å². The van der Waals surface area contributed by atoms with Gasteiger partial charge in [0.2, 0.25) is 0 Å². The van der Waals surface area contributed by atoms with Crippen LogP contribution in [0.25, 0.3) is 10.9 Å². The maximum Gasteiger partial charge on any atom is 0.313 e. The smallest absolute Gasteiger partial charge is 0.313 e. The Morgan fingerprint density at radius 2 is 1.96 bits per heavy atom. The van der Waals surface area contributed by atoms with Gasteiger partial charge < -0.3 is 20.3 Å². The summed E-state index contributed by atoms with van der Waals surface area (Å²) in [5, 5.41) is 16.8. The van der Waals surface area contributed by atoms with Crippen molar-refractivity contribution >= 4 is 40.0 Å². The van der Waals surface area contributed by atoms with Crippen molar-refractivity contribution in [1.82, 2.24) is 9.88 Å². The lowest BCUT2D eigenvalue weighted by molar-refractivity contribution is -0.136. The molecular formula is C20H20ClN3O3. The second kappa shape index (κ2) is 7.82. The molecule has 140 valence electrons. The van der Waals surface area contributed by atoms with Crippen LogP contribution in [-0.4, -0.2) is 28.0 Å². The van der Waals surface area contributed by atoms with Gasteiger partial charge in [-0.1, -0.05) is 23.7 Å². The Balaban J connectivity index is 1.60. The summed E-state index contributed by atoms with van der Waals surface area (Å²) in [4.78, 5) is 24.1. The molecule has 27 heavy (non-hydrogen) atoms. The summed E-state index contributed by atoms with van der Waals surface area (Å²) in [7, 11) is 1.94. The summed E-state index contributed by atoms with van der Waals surface area (Å²) in [5.74, 6) is -1.64. The molecule has 0 radical (unpaired) electrons. The quantitative estimate of drug-likeness (QED) is 0.604. The van der Waals surface area contributed by atoms with E-state index in [1.807, 2.05) is 36.0 Å². The minimum absolute atomic E-state index is 0.0703. The van der Waals surface area contributed by atoms with Gasteiger partial charge in [-0.2, -0.15) is 0 Å². The minimum atomic E-state index is -0.917. The molecule has 2 amide bonds. The number of hydrogen-bond donors (Lipinski definition) is 3. The molecule has 3 rings (SSSR count). The Morgan fingerprint density at radius 1 is 1.19 bits per heavy atom. The van der Waals surface area contributed by atoms with E-state index >= 15 is 0 Å². The fourth-order valence-electron chi connectivity index (χ4n) is 2.82. The molecule has 0 saturated carbocycles. The Bertz CT molecular complexity index is 1010. The molecule has 0 aliphatic carbocycles. The molecule has 7 heteroatoms. The molecule has 1 heterocycles.